The van der Waals surface area contributed by atoms with Gasteiger partial charge in [0.2, 0.25) is 5.95 Å². The first kappa shape index (κ1) is 20.4. The molecule has 1 aromatic heterocycles. The lowest BCUT2D eigenvalue weighted by atomic mass is 9.97. The smallest absolute Gasteiger partial charge is 0.225 e. The Balaban J connectivity index is 1.33. The summed E-state index contributed by atoms with van der Waals surface area (Å²) in [7, 11) is 0. The average molecular weight is 416 g/mol. The fourth-order valence-corrected chi connectivity index (χ4v) is 4.96. The molecule has 0 aliphatic carbocycles. The zero-order chi connectivity index (χ0) is 21.0. The van der Waals surface area contributed by atoms with Crippen molar-refractivity contribution in [2.75, 3.05) is 37.6 Å². The lowest BCUT2D eigenvalue weighted by molar-refractivity contribution is 0.221. The first-order chi connectivity index (χ1) is 15.3. The van der Waals surface area contributed by atoms with Gasteiger partial charge in [-0.15, -0.1) is 0 Å². The molecule has 5 rings (SSSR count). The Morgan fingerprint density at radius 1 is 0.871 bits per heavy atom. The Morgan fingerprint density at radius 2 is 1.65 bits per heavy atom. The molecule has 0 bridgehead atoms. The number of rotatable bonds is 5. The van der Waals surface area contributed by atoms with Crippen molar-refractivity contribution in [1.82, 2.24) is 14.9 Å². The maximum Gasteiger partial charge on any atom is 0.225 e. The summed E-state index contributed by atoms with van der Waals surface area (Å²) in [6, 6.07) is 15.6. The van der Waals surface area contributed by atoms with Crippen molar-refractivity contribution < 1.29 is 0 Å². The molecule has 2 aliphatic rings. The van der Waals surface area contributed by atoms with Gasteiger partial charge in [-0.1, -0.05) is 30.7 Å². The summed E-state index contributed by atoms with van der Waals surface area (Å²) in [4.78, 5) is 14.3. The molecule has 0 unspecified atom stereocenters. The number of nitrogens with zero attached hydrogens (tertiary/aromatic N) is 4. The highest BCUT2D eigenvalue weighted by Gasteiger charge is 2.20. The van der Waals surface area contributed by atoms with Gasteiger partial charge in [0, 0.05) is 31.4 Å². The lowest BCUT2D eigenvalue weighted by Gasteiger charge is -2.31. The SMILES string of the molecule is NCC1CCN(c2nccc(-c3ccc4cc(CN5CCCCC5)ccc4c3)n2)CC1. The van der Waals surface area contributed by atoms with E-state index in [1.165, 1.54) is 48.7 Å². The van der Waals surface area contributed by atoms with Crippen LogP contribution in [0.2, 0.25) is 0 Å². The monoisotopic (exact) mass is 415 g/mol. The predicted molar refractivity (Wildman–Crippen MR) is 128 cm³/mol. The molecule has 2 aliphatic heterocycles. The van der Waals surface area contributed by atoms with Gasteiger partial charge in [-0.25, -0.2) is 9.97 Å². The van der Waals surface area contributed by atoms with Gasteiger partial charge in [0.1, 0.15) is 0 Å². The minimum Gasteiger partial charge on any atom is -0.341 e. The number of hydrogen-bond donors (Lipinski definition) is 1. The van der Waals surface area contributed by atoms with E-state index in [0.717, 1.165) is 56.2 Å². The van der Waals surface area contributed by atoms with Gasteiger partial charge in [-0.2, -0.15) is 0 Å². The highest BCUT2D eigenvalue weighted by Crippen LogP contribution is 2.27. The van der Waals surface area contributed by atoms with Crippen molar-refractivity contribution in [3.8, 4) is 11.3 Å². The second kappa shape index (κ2) is 9.33. The fourth-order valence-electron chi connectivity index (χ4n) is 4.96. The Labute approximate surface area is 185 Å². The molecule has 2 N–H and O–H groups in total. The summed E-state index contributed by atoms with van der Waals surface area (Å²) in [5.41, 5.74) is 9.39. The Bertz CT molecular complexity index is 1020. The Morgan fingerprint density at radius 3 is 2.45 bits per heavy atom. The van der Waals surface area contributed by atoms with Crippen molar-refractivity contribution >= 4 is 16.7 Å². The minimum absolute atomic E-state index is 0.639. The van der Waals surface area contributed by atoms with Gasteiger partial charge in [-0.3, -0.25) is 4.90 Å². The molecule has 3 aromatic rings. The number of piperidine rings is 2. The number of benzene rings is 2. The largest absolute Gasteiger partial charge is 0.341 e. The van der Waals surface area contributed by atoms with Crippen LogP contribution < -0.4 is 10.6 Å². The zero-order valence-electron chi connectivity index (χ0n) is 18.3. The van der Waals surface area contributed by atoms with E-state index in [2.05, 4.69) is 51.2 Å². The molecular formula is C26H33N5. The summed E-state index contributed by atoms with van der Waals surface area (Å²) < 4.78 is 0. The van der Waals surface area contributed by atoms with Gasteiger partial charge in [0.25, 0.3) is 0 Å². The van der Waals surface area contributed by atoms with E-state index in [-0.39, 0.29) is 0 Å². The van der Waals surface area contributed by atoms with Gasteiger partial charge in [0.05, 0.1) is 5.69 Å². The van der Waals surface area contributed by atoms with Crippen LogP contribution in [0.5, 0.6) is 0 Å². The van der Waals surface area contributed by atoms with Crippen LogP contribution in [0.3, 0.4) is 0 Å². The molecule has 0 amide bonds. The number of likely N-dealkylation sites (tertiary alicyclic amines) is 1. The molecule has 5 nitrogen and oxygen atoms in total. The standard InChI is InChI=1S/C26H33N5/c27-18-20-9-14-31(15-10-20)26-28-11-8-25(29-26)24-7-6-22-16-21(4-5-23(22)17-24)19-30-12-2-1-3-13-30/h4-8,11,16-17,20H,1-3,9-10,12-15,18-19,27H2. The van der Waals surface area contributed by atoms with Crippen LogP contribution in [-0.2, 0) is 6.54 Å². The molecule has 0 radical (unpaired) electrons. The van der Waals surface area contributed by atoms with Crippen LogP contribution in [0.4, 0.5) is 5.95 Å². The molecule has 2 saturated heterocycles. The summed E-state index contributed by atoms with van der Waals surface area (Å²) in [6.07, 6.45) is 8.19. The maximum atomic E-state index is 5.84. The van der Waals surface area contributed by atoms with E-state index in [1.54, 1.807) is 0 Å². The first-order valence-corrected chi connectivity index (χ1v) is 11.8. The highest BCUT2D eigenvalue weighted by molar-refractivity contribution is 5.87. The van der Waals surface area contributed by atoms with Gasteiger partial charge in [-0.05, 0) is 85.8 Å². The van der Waals surface area contributed by atoms with E-state index < -0.39 is 0 Å². The van der Waals surface area contributed by atoms with E-state index in [9.17, 15) is 0 Å². The molecule has 5 heteroatoms. The van der Waals surface area contributed by atoms with E-state index in [4.69, 9.17) is 10.7 Å². The van der Waals surface area contributed by atoms with Crippen LogP contribution in [0.1, 0.15) is 37.7 Å². The third kappa shape index (κ3) is 4.73. The van der Waals surface area contributed by atoms with E-state index in [1.807, 2.05) is 12.3 Å². The zero-order valence-corrected chi connectivity index (χ0v) is 18.3. The Hall–Kier alpha value is -2.50. The quantitative estimate of drug-likeness (QED) is 0.667. The number of aromatic nitrogens is 2. The van der Waals surface area contributed by atoms with Crippen molar-refractivity contribution in [2.24, 2.45) is 11.7 Å². The summed E-state index contributed by atoms with van der Waals surface area (Å²) in [5.74, 6) is 1.48. The second-order valence-electron chi connectivity index (χ2n) is 9.14. The molecule has 0 saturated carbocycles. The minimum atomic E-state index is 0.639. The molecule has 0 spiro atoms. The summed E-state index contributed by atoms with van der Waals surface area (Å²) >= 11 is 0. The lowest BCUT2D eigenvalue weighted by Crippen LogP contribution is -2.37. The van der Waals surface area contributed by atoms with Crippen LogP contribution in [0.25, 0.3) is 22.0 Å². The molecule has 3 heterocycles. The summed E-state index contributed by atoms with van der Waals surface area (Å²) in [5, 5.41) is 2.57. The third-order valence-corrected chi connectivity index (χ3v) is 6.93. The van der Waals surface area contributed by atoms with Gasteiger partial charge in [0.15, 0.2) is 0 Å². The van der Waals surface area contributed by atoms with Crippen LogP contribution in [0.15, 0.2) is 48.7 Å². The number of hydrogen-bond acceptors (Lipinski definition) is 5. The fraction of sp³-hybridized carbons (Fsp3) is 0.462. The second-order valence-corrected chi connectivity index (χ2v) is 9.14. The van der Waals surface area contributed by atoms with Gasteiger partial charge >= 0.3 is 0 Å². The van der Waals surface area contributed by atoms with Crippen LogP contribution >= 0.6 is 0 Å². The van der Waals surface area contributed by atoms with Crippen LogP contribution in [-0.4, -0.2) is 47.6 Å². The molecule has 2 aromatic carbocycles. The molecular weight excluding hydrogens is 382 g/mol. The van der Waals surface area contributed by atoms with Gasteiger partial charge < -0.3 is 10.6 Å². The van der Waals surface area contributed by atoms with E-state index >= 15 is 0 Å². The van der Waals surface area contributed by atoms with Crippen molar-refractivity contribution in [1.29, 1.82) is 0 Å². The Kier molecular flexibility index (Phi) is 6.14. The maximum absolute atomic E-state index is 5.84. The van der Waals surface area contributed by atoms with Crippen molar-refractivity contribution in [3.05, 3.63) is 54.2 Å². The van der Waals surface area contributed by atoms with Crippen molar-refractivity contribution in [3.63, 3.8) is 0 Å². The van der Waals surface area contributed by atoms with Crippen molar-refractivity contribution in [2.45, 2.75) is 38.6 Å². The number of anilines is 1. The van der Waals surface area contributed by atoms with Crippen LogP contribution in [0, 0.1) is 5.92 Å². The predicted octanol–water partition coefficient (Wildman–Crippen LogP) is 4.46. The third-order valence-electron chi connectivity index (χ3n) is 6.93. The molecule has 31 heavy (non-hydrogen) atoms. The topological polar surface area (TPSA) is 58.3 Å². The normalized spacial score (nSPS) is 18.5. The number of nitrogens with two attached hydrogens (primary N) is 1. The average Bonchev–Trinajstić information content (AvgIpc) is 2.84. The number of fused-ring (bicyclic) bond motifs is 1. The molecule has 2 fully saturated rings. The molecule has 162 valence electrons. The first-order valence-electron chi connectivity index (χ1n) is 11.8. The summed E-state index contributed by atoms with van der Waals surface area (Å²) in [6.45, 7) is 6.29. The highest BCUT2D eigenvalue weighted by atomic mass is 15.2. The van der Waals surface area contributed by atoms with E-state index in [0.29, 0.717) is 5.92 Å². The molecule has 0 atom stereocenters.